The van der Waals surface area contributed by atoms with Crippen LogP contribution in [0.2, 0.25) is 0 Å². The van der Waals surface area contributed by atoms with Crippen LogP contribution in [0.4, 0.5) is 11.5 Å². The van der Waals surface area contributed by atoms with E-state index in [1.54, 1.807) is 25.1 Å². The lowest BCUT2D eigenvalue weighted by atomic mass is 10.1. The number of hydrogen-bond donors (Lipinski definition) is 1. The van der Waals surface area contributed by atoms with Gasteiger partial charge in [0.2, 0.25) is 5.91 Å². The summed E-state index contributed by atoms with van der Waals surface area (Å²) in [6.07, 6.45) is 6.74. The van der Waals surface area contributed by atoms with Crippen LogP contribution in [0.25, 0.3) is 0 Å². The fraction of sp³-hybridized carbons (Fsp3) is 0.522. The summed E-state index contributed by atoms with van der Waals surface area (Å²) in [5.74, 6) is 1.40. The molecule has 1 aliphatic heterocycles. The van der Waals surface area contributed by atoms with Crippen LogP contribution in [0.1, 0.15) is 54.1 Å². The molecule has 1 aliphatic carbocycles. The maximum Gasteiger partial charge on any atom is 0.253 e. The Balaban J connectivity index is 1.46. The van der Waals surface area contributed by atoms with E-state index >= 15 is 0 Å². The quantitative estimate of drug-likeness (QED) is 0.796. The van der Waals surface area contributed by atoms with Gasteiger partial charge < -0.3 is 19.9 Å². The first-order valence-electron chi connectivity index (χ1n) is 10.9. The third-order valence-corrected chi connectivity index (χ3v) is 6.30. The van der Waals surface area contributed by atoms with Crippen LogP contribution in [0, 0.1) is 6.92 Å². The van der Waals surface area contributed by atoms with Crippen molar-refractivity contribution in [1.29, 1.82) is 0 Å². The van der Waals surface area contributed by atoms with Crippen LogP contribution in [0.15, 0.2) is 24.4 Å². The number of anilines is 2. The van der Waals surface area contributed by atoms with Crippen LogP contribution < -0.4 is 15.0 Å². The molecule has 2 amide bonds. The number of amides is 2. The topological polar surface area (TPSA) is 79.7 Å². The van der Waals surface area contributed by atoms with E-state index in [9.17, 15) is 9.59 Å². The van der Waals surface area contributed by atoms with Crippen molar-refractivity contribution in [2.24, 2.45) is 0 Å². The summed E-state index contributed by atoms with van der Waals surface area (Å²) in [6.45, 7) is 2.39. The molecule has 0 spiro atoms. The minimum atomic E-state index is -0.125. The van der Waals surface area contributed by atoms with Crippen molar-refractivity contribution in [3.63, 3.8) is 0 Å². The van der Waals surface area contributed by atoms with E-state index in [2.05, 4.69) is 10.4 Å². The number of fused-ring (bicyclic) bond motifs is 1. The van der Waals surface area contributed by atoms with Crippen LogP contribution in [-0.4, -0.2) is 60.3 Å². The highest BCUT2D eigenvalue weighted by atomic mass is 16.5. The van der Waals surface area contributed by atoms with Gasteiger partial charge >= 0.3 is 0 Å². The predicted molar refractivity (Wildman–Crippen MR) is 120 cm³/mol. The largest absolute Gasteiger partial charge is 0.489 e. The number of benzene rings is 1. The molecule has 1 saturated carbocycles. The molecular formula is C23H31N5O3. The molecule has 2 aromatic rings. The Hall–Kier alpha value is -3.03. The molecule has 1 atom stereocenters. The van der Waals surface area contributed by atoms with Crippen LogP contribution in [0.3, 0.4) is 0 Å². The Morgan fingerprint density at radius 3 is 2.71 bits per heavy atom. The van der Waals surface area contributed by atoms with Gasteiger partial charge in [-0.1, -0.05) is 12.8 Å². The average Bonchev–Trinajstić information content (AvgIpc) is 3.40. The summed E-state index contributed by atoms with van der Waals surface area (Å²) < 4.78 is 7.88. The zero-order valence-electron chi connectivity index (χ0n) is 18.7. The highest BCUT2D eigenvalue weighted by molar-refractivity contribution is 5.95. The molecular weight excluding hydrogens is 394 g/mol. The van der Waals surface area contributed by atoms with Crippen molar-refractivity contribution in [2.75, 3.05) is 38.0 Å². The molecule has 4 rings (SSSR count). The molecule has 0 bridgehead atoms. The number of carbonyl (C=O) groups excluding carboxylic acids is 2. The first kappa shape index (κ1) is 21.2. The molecule has 2 heterocycles. The smallest absolute Gasteiger partial charge is 0.253 e. The molecule has 166 valence electrons. The molecule has 0 radical (unpaired) electrons. The number of rotatable bonds is 5. The van der Waals surface area contributed by atoms with Gasteiger partial charge in [-0.3, -0.25) is 9.59 Å². The fourth-order valence-electron chi connectivity index (χ4n) is 4.42. The molecule has 2 aliphatic rings. The highest BCUT2D eigenvalue weighted by Crippen LogP contribution is 2.35. The van der Waals surface area contributed by atoms with Gasteiger partial charge in [-0.2, -0.15) is 5.10 Å². The van der Waals surface area contributed by atoms with Crippen LogP contribution >= 0.6 is 0 Å². The number of nitrogens with zero attached hydrogens (tertiary/aromatic N) is 4. The summed E-state index contributed by atoms with van der Waals surface area (Å²) in [7, 11) is 5.40. The van der Waals surface area contributed by atoms with Crippen molar-refractivity contribution in [3.05, 3.63) is 35.5 Å². The molecule has 1 aromatic heterocycles. The van der Waals surface area contributed by atoms with E-state index in [0.29, 0.717) is 18.2 Å². The number of aromatic nitrogens is 2. The molecule has 8 heteroatoms. The van der Waals surface area contributed by atoms with Crippen molar-refractivity contribution < 1.29 is 14.3 Å². The van der Waals surface area contributed by atoms with Crippen LogP contribution in [-0.2, 0) is 4.79 Å². The Kier molecular flexibility index (Phi) is 5.89. The van der Waals surface area contributed by atoms with E-state index in [0.717, 1.165) is 35.7 Å². The second-order valence-electron chi connectivity index (χ2n) is 8.77. The number of likely N-dealkylation sites (N-methyl/N-ethyl adjacent to an activating group) is 1. The Labute approximate surface area is 183 Å². The number of nitrogens with one attached hydrogen (secondary N) is 1. The lowest BCUT2D eigenvalue weighted by Gasteiger charge is -2.36. The first-order chi connectivity index (χ1) is 14.8. The molecule has 1 fully saturated rings. The molecule has 31 heavy (non-hydrogen) atoms. The Morgan fingerprint density at radius 1 is 1.26 bits per heavy atom. The van der Waals surface area contributed by atoms with Gasteiger partial charge in [-0.25, -0.2) is 4.68 Å². The van der Waals surface area contributed by atoms with Gasteiger partial charge in [0.25, 0.3) is 5.91 Å². The Bertz CT molecular complexity index is 978. The lowest BCUT2D eigenvalue weighted by molar-refractivity contribution is -0.116. The fourth-order valence-corrected chi connectivity index (χ4v) is 4.42. The first-order valence-corrected chi connectivity index (χ1v) is 10.9. The second kappa shape index (κ2) is 8.61. The molecule has 1 unspecified atom stereocenters. The maximum atomic E-state index is 12.9. The lowest BCUT2D eigenvalue weighted by Crippen LogP contribution is -2.43. The third kappa shape index (κ3) is 4.24. The van der Waals surface area contributed by atoms with E-state index in [1.807, 2.05) is 41.9 Å². The standard InChI is InChI=1S/C23H31N5O3/c1-15-13-24-28(17-7-5-6-8-17)22(15)25-21(29)12-18-14-31-20-10-9-16(23(30)26(2)3)11-19(20)27(18)4/h9-11,13,17-18H,5-8,12,14H2,1-4H3,(H,25,29). The van der Waals surface area contributed by atoms with Crippen molar-refractivity contribution in [1.82, 2.24) is 14.7 Å². The molecule has 8 nitrogen and oxygen atoms in total. The van der Waals surface area contributed by atoms with Gasteiger partial charge in [0, 0.05) is 32.3 Å². The van der Waals surface area contributed by atoms with Gasteiger partial charge in [-0.05, 0) is 38.0 Å². The normalized spacial score (nSPS) is 18.5. The van der Waals surface area contributed by atoms with Gasteiger partial charge in [-0.15, -0.1) is 0 Å². The van der Waals surface area contributed by atoms with E-state index in [1.165, 1.54) is 12.8 Å². The van der Waals surface area contributed by atoms with Crippen molar-refractivity contribution >= 4 is 23.3 Å². The SMILES string of the molecule is Cc1cnn(C2CCCC2)c1NC(=O)CC1COc2ccc(C(=O)N(C)C)cc2N1C. The van der Waals surface area contributed by atoms with Gasteiger partial charge in [0.1, 0.15) is 18.2 Å². The molecule has 1 aromatic carbocycles. The summed E-state index contributed by atoms with van der Waals surface area (Å²) in [5, 5.41) is 7.60. The number of aryl methyl sites for hydroxylation is 1. The summed E-state index contributed by atoms with van der Waals surface area (Å²) in [4.78, 5) is 28.8. The summed E-state index contributed by atoms with van der Waals surface area (Å²) in [5.41, 5.74) is 2.40. The zero-order valence-corrected chi connectivity index (χ0v) is 18.7. The highest BCUT2D eigenvalue weighted by Gasteiger charge is 2.29. The summed E-state index contributed by atoms with van der Waals surface area (Å²) in [6, 6.07) is 5.67. The van der Waals surface area contributed by atoms with Crippen molar-refractivity contribution in [3.8, 4) is 5.75 Å². The zero-order chi connectivity index (χ0) is 22.1. The van der Waals surface area contributed by atoms with Gasteiger partial charge in [0.05, 0.1) is 30.4 Å². The number of hydrogen-bond acceptors (Lipinski definition) is 5. The average molecular weight is 426 g/mol. The monoisotopic (exact) mass is 425 g/mol. The van der Waals surface area contributed by atoms with E-state index in [4.69, 9.17) is 4.74 Å². The van der Waals surface area contributed by atoms with E-state index < -0.39 is 0 Å². The predicted octanol–water partition coefficient (Wildman–Crippen LogP) is 3.23. The number of carbonyl (C=O) groups is 2. The maximum absolute atomic E-state index is 12.9. The minimum Gasteiger partial charge on any atom is -0.489 e. The third-order valence-electron chi connectivity index (χ3n) is 6.30. The molecule has 0 saturated heterocycles. The summed E-state index contributed by atoms with van der Waals surface area (Å²) >= 11 is 0. The number of ether oxygens (including phenoxy) is 1. The minimum absolute atomic E-state index is 0.0627. The molecule has 1 N–H and O–H groups in total. The second-order valence-corrected chi connectivity index (χ2v) is 8.77. The van der Waals surface area contributed by atoms with Gasteiger partial charge in [0.15, 0.2) is 0 Å². The van der Waals surface area contributed by atoms with E-state index in [-0.39, 0.29) is 24.3 Å². The Morgan fingerprint density at radius 2 is 2.00 bits per heavy atom. The van der Waals surface area contributed by atoms with Crippen molar-refractivity contribution in [2.45, 2.75) is 51.1 Å². The van der Waals surface area contributed by atoms with Crippen LogP contribution in [0.5, 0.6) is 5.75 Å².